The molecule has 2 aromatic rings. The summed E-state index contributed by atoms with van der Waals surface area (Å²) in [5, 5.41) is 5.79. The van der Waals surface area contributed by atoms with E-state index < -0.39 is 0 Å². The molecule has 0 saturated heterocycles. The lowest BCUT2D eigenvalue weighted by Crippen LogP contribution is -2.25. The SMILES string of the molecule is O=C(COc1cccnc1Cl)Nc1cccc(C(=O)NC2CC2)c1. The minimum atomic E-state index is -0.352. The molecule has 1 saturated carbocycles. The fraction of sp³-hybridized carbons (Fsp3) is 0.235. The van der Waals surface area contributed by atoms with Crippen LogP contribution in [0.4, 0.5) is 5.69 Å². The third-order valence-electron chi connectivity index (χ3n) is 3.40. The number of halogens is 1. The van der Waals surface area contributed by atoms with Crippen molar-refractivity contribution >= 4 is 29.1 Å². The first-order valence-electron chi connectivity index (χ1n) is 7.56. The highest BCUT2D eigenvalue weighted by Crippen LogP contribution is 2.21. The molecule has 3 rings (SSSR count). The van der Waals surface area contributed by atoms with Gasteiger partial charge in [0, 0.05) is 23.5 Å². The van der Waals surface area contributed by atoms with Crippen LogP contribution in [0.1, 0.15) is 23.2 Å². The number of amides is 2. The van der Waals surface area contributed by atoms with Crippen molar-refractivity contribution in [2.75, 3.05) is 11.9 Å². The molecule has 0 atom stereocenters. The highest BCUT2D eigenvalue weighted by Gasteiger charge is 2.23. The molecule has 0 radical (unpaired) electrons. The van der Waals surface area contributed by atoms with Crippen molar-refractivity contribution in [3.63, 3.8) is 0 Å². The lowest BCUT2D eigenvalue weighted by Gasteiger charge is -2.09. The number of carbonyl (C=O) groups excluding carboxylic acids is 2. The minimum absolute atomic E-state index is 0.132. The zero-order valence-corrected chi connectivity index (χ0v) is 13.5. The van der Waals surface area contributed by atoms with Gasteiger partial charge in [-0.15, -0.1) is 0 Å². The molecular formula is C17H16ClN3O3. The van der Waals surface area contributed by atoms with Crippen LogP contribution < -0.4 is 15.4 Å². The quantitative estimate of drug-likeness (QED) is 0.789. The van der Waals surface area contributed by atoms with E-state index >= 15 is 0 Å². The normalized spacial score (nSPS) is 13.2. The first-order valence-corrected chi connectivity index (χ1v) is 7.94. The maximum atomic E-state index is 12.0. The summed E-state index contributed by atoms with van der Waals surface area (Å²) < 4.78 is 5.32. The Bertz CT molecular complexity index is 762. The number of nitrogens with zero attached hydrogens (tertiary/aromatic N) is 1. The highest BCUT2D eigenvalue weighted by atomic mass is 35.5. The second-order valence-corrected chi connectivity index (χ2v) is 5.82. The van der Waals surface area contributed by atoms with Crippen molar-refractivity contribution in [2.24, 2.45) is 0 Å². The molecule has 6 nitrogen and oxygen atoms in total. The topological polar surface area (TPSA) is 80.3 Å². The van der Waals surface area contributed by atoms with Crippen molar-refractivity contribution in [2.45, 2.75) is 18.9 Å². The van der Waals surface area contributed by atoms with Gasteiger partial charge in [-0.2, -0.15) is 0 Å². The Morgan fingerprint density at radius 1 is 1.25 bits per heavy atom. The number of hydrogen-bond donors (Lipinski definition) is 2. The summed E-state index contributed by atoms with van der Waals surface area (Å²) in [4.78, 5) is 27.8. The summed E-state index contributed by atoms with van der Waals surface area (Å²) in [5.74, 6) is -0.145. The summed E-state index contributed by atoms with van der Waals surface area (Å²) in [6.45, 7) is -0.204. The lowest BCUT2D eigenvalue weighted by atomic mass is 10.2. The molecule has 0 spiro atoms. The average Bonchev–Trinajstić information content (AvgIpc) is 3.38. The molecule has 7 heteroatoms. The molecule has 1 aromatic carbocycles. The third-order valence-corrected chi connectivity index (χ3v) is 3.69. The lowest BCUT2D eigenvalue weighted by molar-refractivity contribution is -0.118. The van der Waals surface area contributed by atoms with E-state index in [1.807, 2.05) is 0 Å². The van der Waals surface area contributed by atoms with Gasteiger partial charge >= 0.3 is 0 Å². The van der Waals surface area contributed by atoms with Gasteiger partial charge in [-0.3, -0.25) is 9.59 Å². The number of carbonyl (C=O) groups is 2. The molecule has 1 heterocycles. The third kappa shape index (κ3) is 4.45. The Labute approximate surface area is 144 Å². The van der Waals surface area contributed by atoms with Gasteiger partial charge in [-0.25, -0.2) is 4.98 Å². The molecule has 0 unspecified atom stereocenters. The maximum absolute atomic E-state index is 12.0. The van der Waals surface area contributed by atoms with Gasteiger partial charge in [0.2, 0.25) is 0 Å². The van der Waals surface area contributed by atoms with Crippen LogP contribution >= 0.6 is 11.6 Å². The standard InChI is InChI=1S/C17H16ClN3O3/c18-16-14(5-2-8-19-16)24-10-15(22)20-13-4-1-3-11(9-13)17(23)21-12-6-7-12/h1-5,8-9,12H,6-7,10H2,(H,20,22)(H,21,23). The van der Waals surface area contributed by atoms with Crippen molar-refractivity contribution in [1.82, 2.24) is 10.3 Å². The summed E-state index contributed by atoms with van der Waals surface area (Å²) >= 11 is 5.86. The van der Waals surface area contributed by atoms with Crippen LogP contribution in [0.15, 0.2) is 42.6 Å². The van der Waals surface area contributed by atoms with Crippen molar-refractivity contribution in [3.8, 4) is 5.75 Å². The average molecular weight is 346 g/mol. The first kappa shape index (κ1) is 16.3. The van der Waals surface area contributed by atoms with Gasteiger partial charge < -0.3 is 15.4 Å². The minimum Gasteiger partial charge on any atom is -0.481 e. The summed E-state index contributed by atoms with van der Waals surface area (Å²) in [6.07, 6.45) is 3.58. The molecule has 24 heavy (non-hydrogen) atoms. The van der Waals surface area contributed by atoms with Gasteiger partial charge in [0.1, 0.15) is 0 Å². The van der Waals surface area contributed by atoms with E-state index in [9.17, 15) is 9.59 Å². The number of pyridine rings is 1. The Balaban J connectivity index is 1.56. The molecule has 1 aliphatic rings. The van der Waals surface area contributed by atoms with Gasteiger partial charge in [-0.05, 0) is 43.2 Å². The molecule has 1 fully saturated rings. The smallest absolute Gasteiger partial charge is 0.262 e. The molecule has 0 aliphatic heterocycles. The van der Waals surface area contributed by atoms with Crippen LogP contribution in [0.25, 0.3) is 0 Å². The molecule has 124 valence electrons. The van der Waals surface area contributed by atoms with Crippen molar-refractivity contribution in [1.29, 1.82) is 0 Å². The maximum Gasteiger partial charge on any atom is 0.262 e. The number of hydrogen-bond acceptors (Lipinski definition) is 4. The number of anilines is 1. The highest BCUT2D eigenvalue weighted by molar-refractivity contribution is 6.30. The number of rotatable bonds is 6. The van der Waals surface area contributed by atoms with Crippen LogP contribution in [0.5, 0.6) is 5.75 Å². The predicted octanol–water partition coefficient (Wildman–Crippen LogP) is 2.64. The molecule has 0 bridgehead atoms. The summed E-state index contributed by atoms with van der Waals surface area (Å²) in [6, 6.07) is 10.4. The van der Waals surface area contributed by atoms with E-state index in [1.165, 1.54) is 6.20 Å². The van der Waals surface area contributed by atoms with Crippen molar-refractivity contribution in [3.05, 3.63) is 53.3 Å². The molecule has 2 amide bonds. The molecule has 1 aromatic heterocycles. The van der Waals surface area contributed by atoms with E-state index in [1.54, 1.807) is 36.4 Å². The largest absolute Gasteiger partial charge is 0.481 e. The Morgan fingerprint density at radius 3 is 2.83 bits per heavy atom. The zero-order valence-electron chi connectivity index (χ0n) is 12.8. The van der Waals surface area contributed by atoms with Gasteiger partial charge in [0.25, 0.3) is 11.8 Å². The van der Waals surface area contributed by atoms with E-state index in [0.29, 0.717) is 17.0 Å². The van der Waals surface area contributed by atoms with Crippen LogP contribution in [-0.4, -0.2) is 29.4 Å². The fourth-order valence-corrected chi connectivity index (χ4v) is 2.23. The van der Waals surface area contributed by atoms with Crippen LogP contribution in [0.3, 0.4) is 0 Å². The Kier molecular flexibility index (Phi) is 4.96. The van der Waals surface area contributed by atoms with Crippen LogP contribution in [-0.2, 0) is 4.79 Å². The van der Waals surface area contributed by atoms with E-state index in [4.69, 9.17) is 16.3 Å². The van der Waals surface area contributed by atoms with E-state index in [-0.39, 0.29) is 29.6 Å². The zero-order chi connectivity index (χ0) is 16.9. The Hall–Kier alpha value is -2.60. The van der Waals surface area contributed by atoms with E-state index in [0.717, 1.165) is 12.8 Å². The van der Waals surface area contributed by atoms with Gasteiger partial charge in [0.15, 0.2) is 17.5 Å². The van der Waals surface area contributed by atoms with E-state index in [2.05, 4.69) is 15.6 Å². The molecule has 1 aliphatic carbocycles. The monoisotopic (exact) mass is 345 g/mol. The second kappa shape index (κ2) is 7.31. The Morgan fingerprint density at radius 2 is 2.08 bits per heavy atom. The van der Waals surface area contributed by atoms with Crippen LogP contribution in [0, 0.1) is 0 Å². The summed E-state index contributed by atoms with van der Waals surface area (Å²) in [5.41, 5.74) is 1.04. The number of benzene rings is 1. The predicted molar refractivity (Wildman–Crippen MR) is 90.3 cm³/mol. The molecular weight excluding hydrogens is 330 g/mol. The summed E-state index contributed by atoms with van der Waals surface area (Å²) in [7, 11) is 0. The second-order valence-electron chi connectivity index (χ2n) is 5.46. The van der Waals surface area contributed by atoms with Crippen LogP contribution in [0.2, 0.25) is 5.15 Å². The number of nitrogens with one attached hydrogen (secondary N) is 2. The van der Waals surface area contributed by atoms with Gasteiger partial charge in [-0.1, -0.05) is 17.7 Å². The number of aromatic nitrogens is 1. The fourth-order valence-electron chi connectivity index (χ4n) is 2.05. The first-order chi connectivity index (χ1) is 11.6. The number of ether oxygens (including phenoxy) is 1. The van der Waals surface area contributed by atoms with Gasteiger partial charge in [0.05, 0.1) is 0 Å². The van der Waals surface area contributed by atoms with Crippen molar-refractivity contribution < 1.29 is 14.3 Å². The molecule has 2 N–H and O–H groups in total.